The normalized spacial score (nSPS) is 17.2. The molecule has 3 aromatic carbocycles. The van der Waals surface area contributed by atoms with Gasteiger partial charge in [-0.3, -0.25) is 14.5 Å². The van der Waals surface area contributed by atoms with Crippen molar-refractivity contribution in [2.24, 2.45) is 0 Å². The minimum Gasteiger partial charge on any atom is -0.508 e. The van der Waals surface area contributed by atoms with Crippen LogP contribution < -0.4 is 14.4 Å². The second-order valence-corrected chi connectivity index (χ2v) is 7.83. The number of benzene rings is 3. The number of aliphatic hydroxyl groups is 1. The molecule has 0 saturated carbocycles. The molecule has 4 rings (SSSR count). The van der Waals surface area contributed by atoms with E-state index in [1.165, 1.54) is 68.8 Å². The number of amides is 1. The summed E-state index contributed by atoms with van der Waals surface area (Å²) in [5, 5.41) is 21.2. The Bertz CT molecular complexity index is 1320. The second kappa shape index (κ2) is 9.07. The number of aliphatic hydroxyl groups excluding tert-OH is 1. The molecule has 1 amide bonds. The van der Waals surface area contributed by atoms with Gasteiger partial charge in [0.2, 0.25) is 0 Å². The lowest BCUT2D eigenvalue weighted by atomic mass is 9.94. The second-order valence-electron chi connectivity index (χ2n) is 7.43. The predicted molar refractivity (Wildman–Crippen MR) is 124 cm³/mol. The molecule has 7 nitrogen and oxygen atoms in total. The summed E-state index contributed by atoms with van der Waals surface area (Å²) in [5.41, 5.74) is 0.342. The quantitative estimate of drug-likeness (QED) is 0.306. The van der Waals surface area contributed by atoms with Crippen LogP contribution >= 0.6 is 11.6 Å². The van der Waals surface area contributed by atoms with Crippen LogP contribution in [0.2, 0.25) is 5.02 Å². The van der Waals surface area contributed by atoms with Gasteiger partial charge in [0.25, 0.3) is 11.7 Å². The number of carbonyl (C=O) groups excluding carboxylic acids is 2. The molecular weight excluding hydrogens is 465 g/mol. The van der Waals surface area contributed by atoms with Crippen LogP contribution in [0, 0.1) is 5.82 Å². The standard InChI is InChI=1S/C25H19ClFNO6/c1-33-19-12-20(34-2)18(26)11-17(19)23(30)21-22(13-6-8-16(29)9-7-13)28(25(32)24(21)31)15-5-3-4-14(27)10-15/h3-12,22,29-30H,1-2H3/b23-21+. The Labute approximate surface area is 199 Å². The van der Waals surface area contributed by atoms with Crippen LogP contribution in [-0.2, 0) is 9.59 Å². The monoisotopic (exact) mass is 483 g/mol. The highest BCUT2D eigenvalue weighted by Gasteiger charge is 2.47. The van der Waals surface area contributed by atoms with Crippen molar-refractivity contribution in [2.45, 2.75) is 6.04 Å². The van der Waals surface area contributed by atoms with Gasteiger partial charge < -0.3 is 19.7 Å². The number of ether oxygens (including phenoxy) is 2. The highest BCUT2D eigenvalue weighted by Crippen LogP contribution is 2.45. The Balaban J connectivity index is 1.99. The topological polar surface area (TPSA) is 96.3 Å². The summed E-state index contributed by atoms with van der Waals surface area (Å²) in [6.45, 7) is 0. The third-order valence-electron chi connectivity index (χ3n) is 5.47. The number of hydrogen-bond donors (Lipinski definition) is 2. The van der Waals surface area contributed by atoms with Gasteiger partial charge >= 0.3 is 0 Å². The first kappa shape index (κ1) is 23.1. The number of hydrogen-bond acceptors (Lipinski definition) is 6. The molecule has 1 unspecified atom stereocenters. The van der Waals surface area contributed by atoms with E-state index in [2.05, 4.69) is 0 Å². The van der Waals surface area contributed by atoms with E-state index >= 15 is 0 Å². The van der Waals surface area contributed by atoms with E-state index in [-0.39, 0.29) is 39.1 Å². The van der Waals surface area contributed by atoms with E-state index in [0.29, 0.717) is 5.56 Å². The fourth-order valence-electron chi connectivity index (χ4n) is 3.89. The maximum absolute atomic E-state index is 14.0. The summed E-state index contributed by atoms with van der Waals surface area (Å²) in [6.07, 6.45) is 0. The average Bonchev–Trinajstić information content (AvgIpc) is 3.09. The smallest absolute Gasteiger partial charge is 0.300 e. The van der Waals surface area contributed by atoms with Gasteiger partial charge in [0.15, 0.2) is 0 Å². The summed E-state index contributed by atoms with van der Waals surface area (Å²) in [5.74, 6) is -2.66. The zero-order valence-electron chi connectivity index (χ0n) is 18.1. The fourth-order valence-corrected chi connectivity index (χ4v) is 4.13. The van der Waals surface area contributed by atoms with Gasteiger partial charge in [-0.25, -0.2) is 4.39 Å². The van der Waals surface area contributed by atoms with E-state index < -0.39 is 29.3 Å². The summed E-state index contributed by atoms with van der Waals surface area (Å²) in [7, 11) is 2.78. The SMILES string of the molecule is COc1cc(OC)c(/C(O)=C2\C(=O)C(=O)N(c3cccc(F)c3)C2c2ccc(O)cc2)cc1Cl. The Kier molecular flexibility index (Phi) is 6.17. The Morgan fingerprint density at radius 2 is 1.68 bits per heavy atom. The minimum atomic E-state index is -1.12. The van der Waals surface area contributed by atoms with Gasteiger partial charge in [0, 0.05) is 11.8 Å². The van der Waals surface area contributed by atoms with Crippen LogP contribution in [0.15, 0.2) is 66.2 Å². The van der Waals surface area contributed by atoms with Crippen LogP contribution in [0.3, 0.4) is 0 Å². The van der Waals surface area contributed by atoms with Crippen LogP contribution in [0.25, 0.3) is 5.76 Å². The van der Waals surface area contributed by atoms with Gasteiger partial charge in [-0.15, -0.1) is 0 Å². The molecule has 1 atom stereocenters. The molecule has 1 aliphatic heterocycles. The van der Waals surface area contributed by atoms with Crippen molar-refractivity contribution in [1.29, 1.82) is 0 Å². The minimum absolute atomic E-state index is 0.0323. The number of carbonyl (C=O) groups is 2. The third kappa shape index (κ3) is 3.92. The van der Waals surface area contributed by atoms with Crippen molar-refractivity contribution in [3.05, 3.63) is 88.2 Å². The van der Waals surface area contributed by atoms with Crippen molar-refractivity contribution >= 4 is 34.7 Å². The van der Waals surface area contributed by atoms with Gasteiger partial charge in [-0.1, -0.05) is 29.8 Å². The Morgan fingerprint density at radius 3 is 2.29 bits per heavy atom. The third-order valence-corrected chi connectivity index (χ3v) is 5.76. The molecule has 34 heavy (non-hydrogen) atoms. The zero-order chi connectivity index (χ0) is 24.6. The molecule has 0 radical (unpaired) electrons. The summed E-state index contributed by atoms with van der Waals surface area (Å²) < 4.78 is 24.5. The molecule has 1 heterocycles. The van der Waals surface area contributed by atoms with Gasteiger partial charge in [0.05, 0.1) is 36.4 Å². The van der Waals surface area contributed by atoms with Crippen LogP contribution in [0.1, 0.15) is 17.2 Å². The van der Waals surface area contributed by atoms with Gasteiger partial charge in [-0.2, -0.15) is 0 Å². The number of aromatic hydroxyl groups is 1. The number of halogens is 2. The maximum atomic E-state index is 14.0. The molecule has 0 spiro atoms. The number of methoxy groups -OCH3 is 2. The predicted octanol–water partition coefficient (Wildman–Crippen LogP) is 4.83. The van der Waals surface area contributed by atoms with E-state index in [0.717, 1.165) is 11.0 Å². The van der Waals surface area contributed by atoms with E-state index in [4.69, 9.17) is 21.1 Å². The van der Waals surface area contributed by atoms with Gasteiger partial charge in [0.1, 0.15) is 28.8 Å². The van der Waals surface area contributed by atoms with Crippen LogP contribution in [0.5, 0.6) is 17.2 Å². The number of ketones is 1. The molecule has 3 aromatic rings. The molecule has 1 fully saturated rings. The lowest BCUT2D eigenvalue weighted by molar-refractivity contribution is -0.132. The molecular formula is C25H19ClFNO6. The lowest BCUT2D eigenvalue weighted by Crippen LogP contribution is -2.29. The molecule has 0 aromatic heterocycles. The lowest BCUT2D eigenvalue weighted by Gasteiger charge is -2.25. The first-order chi connectivity index (χ1) is 16.3. The highest BCUT2D eigenvalue weighted by molar-refractivity contribution is 6.51. The van der Waals surface area contributed by atoms with Crippen molar-refractivity contribution in [3.8, 4) is 17.2 Å². The fraction of sp³-hybridized carbons (Fsp3) is 0.120. The average molecular weight is 484 g/mol. The zero-order valence-corrected chi connectivity index (χ0v) is 18.8. The number of phenols is 1. The first-order valence-electron chi connectivity index (χ1n) is 10.0. The molecule has 1 aliphatic rings. The van der Waals surface area contributed by atoms with Crippen molar-refractivity contribution in [2.75, 3.05) is 19.1 Å². The number of nitrogens with zero attached hydrogens (tertiary/aromatic N) is 1. The van der Waals surface area contributed by atoms with Crippen LogP contribution in [0.4, 0.5) is 10.1 Å². The van der Waals surface area contributed by atoms with Crippen LogP contribution in [-0.4, -0.2) is 36.1 Å². The maximum Gasteiger partial charge on any atom is 0.300 e. The van der Waals surface area contributed by atoms with Crippen molar-refractivity contribution < 1.29 is 33.7 Å². The summed E-state index contributed by atoms with van der Waals surface area (Å²) in [6, 6.07) is 12.7. The van der Waals surface area contributed by atoms with E-state index in [9.17, 15) is 24.2 Å². The molecule has 1 saturated heterocycles. The van der Waals surface area contributed by atoms with E-state index in [1.54, 1.807) is 0 Å². The number of rotatable bonds is 5. The number of anilines is 1. The summed E-state index contributed by atoms with van der Waals surface area (Å²) in [4.78, 5) is 27.4. The first-order valence-corrected chi connectivity index (χ1v) is 10.4. The molecule has 9 heteroatoms. The highest BCUT2D eigenvalue weighted by atomic mass is 35.5. The van der Waals surface area contributed by atoms with Gasteiger partial charge in [-0.05, 0) is 42.0 Å². The largest absolute Gasteiger partial charge is 0.508 e. The van der Waals surface area contributed by atoms with Crippen molar-refractivity contribution in [3.63, 3.8) is 0 Å². The number of phenolic OH excluding ortho intramolecular Hbond substituents is 1. The molecule has 2 N–H and O–H groups in total. The van der Waals surface area contributed by atoms with Crippen molar-refractivity contribution in [1.82, 2.24) is 0 Å². The molecule has 0 bridgehead atoms. The van der Waals surface area contributed by atoms with E-state index in [1.807, 2.05) is 0 Å². The summed E-state index contributed by atoms with van der Waals surface area (Å²) >= 11 is 6.24. The Hall–Kier alpha value is -4.04. The molecule has 174 valence electrons. The molecule has 0 aliphatic carbocycles. The Morgan fingerprint density at radius 1 is 1.00 bits per heavy atom. The number of Topliss-reactive ketones (excluding diaryl/α,β-unsaturated/α-hetero) is 1.